The molecule has 4 rings (SSSR count). The summed E-state index contributed by atoms with van der Waals surface area (Å²) in [5, 5.41) is 0. The highest BCUT2D eigenvalue weighted by Gasteiger charge is 2.38. The fourth-order valence-electron chi connectivity index (χ4n) is 3.98. The van der Waals surface area contributed by atoms with Crippen LogP contribution >= 0.6 is 22.6 Å². The summed E-state index contributed by atoms with van der Waals surface area (Å²) >= 11 is 2.00. The van der Waals surface area contributed by atoms with E-state index >= 15 is 0 Å². The first-order valence-electron chi connectivity index (χ1n) is 7.51. The van der Waals surface area contributed by atoms with E-state index in [-0.39, 0.29) is 5.82 Å². The number of hydrogen-bond donors (Lipinski definition) is 1. The topological polar surface area (TPSA) is 47.1 Å². The number of nitrogens with two attached hydrogens (primary N) is 1. The van der Waals surface area contributed by atoms with Crippen molar-refractivity contribution in [3.8, 4) is 0 Å². The van der Waals surface area contributed by atoms with Crippen LogP contribution in [0.4, 0.5) is 10.3 Å². The molecule has 2 fully saturated rings. The van der Waals surface area contributed by atoms with E-state index in [9.17, 15) is 4.39 Å². The van der Waals surface area contributed by atoms with Crippen LogP contribution < -0.4 is 5.73 Å². The van der Waals surface area contributed by atoms with E-state index in [0.29, 0.717) is 21.6 Å². The maximum atomic E-state index is 14.0. The molecule has 3 heterocycles. The Morgan fingerprint density at radius 1 is 1.19 bits per heavy atom. The summed E-state index contributed by atoms with van der Waals surface area (Å²) in [6, 6.07) is 4.23. The molecule has 2 atom stereocenters. The van der Waals surface area contributed by atoms with Crippen molar-refractivity contribution in [2.45, 2.75) is 37.8 Å². The monoisotopic (exact) mass is 400 g/mol. The summed E-state index contributed by atoms with van der Waals surface area (Å²) in [6.45, 7) is 2.29. The number of aromatic nitrogens is 2. The van der Waals surface area contributed by atoms with Gasteiger partial charge < -0.3 is 10.3 Å². The van der Waals surface area contributed by atoms with Crippen LogP contribution in [0.25, 0.3) is 11.0 Å². The second-order valence-electron chi connectivity index (χ2n) is 6.05. The Labute approximate surface area is 136 Å². The minimum absolute atomic E-state index is 0.192. The number of rotatable bonds is 1. The molecule has 0 radical (unpaired) electrons. The van der Waals surface area contributed by atoms with Gasteiger partial charge in [-0.1, -0.05) is 6.42 Å². The van der Waals surface area contributed by atoms with Crippen LogP contribution in [0.2, 0.25) is 0 Å². The Morgan fingerprint density at radius 3 is 2.90 bits per heavy atom. The van der Waals surface area contributed by atoms with E-state index in [1.807, 2.05) is 22.6 Å². The lowest BCUT2D eigenvalue weighted by molar-refractivity contribution is 0.175. The Hall–Kier alpha value is -0.890. The molecular formula is C15H18FIN4. The third kappa shape index (κ3) is 2.14. The third-order valence-corrected chi connectivity index (χ3v) is 5.74. The molecule has 0 spiro atoms. The lowest BCUT2D eigenvalue weighted by Gasteiger charge is -2.33. The number of hydrogen-bond acceptors (Lipinski definition) is 3. The number of imidazole rings is 1. The maximum Gasteiger partial charge on any atom is 0.201 e. The van der Waals surface area contributed by atoms with Gasteiger partial charge >= 0.3 is 0 Å². The van der Waals surface area contributed by atoms with Crippen LogP contribution in [0.15, 0.2) is 12.1 Å². The van der Waals surface area contributed by atoms with E-state index in [1.54, 1.807) is 12.1 Å². The second kappa shape index (κ2) is 5.08. The maximum absolute atomic E-state index is 14.0. The standard InChI is InChI=1S/C15H18FIN4/c16-9-7-14-11(8-10(9)17)19-15(18)21(14)13-4-6-20-5-2-1-3-12(13)20/h7-8,12-13H,1-6H2,(H2,18,19). The first-order valence-corrected chi connectivity index (χ1v) is 8.59. The number of fused-ring (bicyclic) bond motifs is 2. The van der Waals surface area contributed by atoms with Gasteiger partial charge in [-0.3, -0.25) is 4.90 Å². The SMILES string of the molecule is Nc1nc2cc(I)c(F)cc2n1C1CCN2CCCCC12. The van der Waals surface area contributed by atoms with E-state index in [0.717, 1.165) is 24.0 Å². The number of piperidine rings is 1. The first kappa shape index (κ1) is 13.8. The molecule has 0 amide bonds. The molecule has 0 aliphatic carbocycles. The van der Waals surface area contributed by atoms with Gasteiger partial charge in [0.2, 0.25) is 5.95 Å². The minimum atomic E-state index is -0.192. The molecule has 0 bridgehead atoms. The average Bonchev–Trinajstić information content (AvgIpc) is 3.00. The Bertz CT molecular complexity index is 699. The molecule has 1 aromatic carbocycles. The summed E-state index contributed by atoms with van der Waals surface area (Å²) in [6.07, 6.45) is 4.84. The quantitative estimate of drug-likeness (QED) is 0.749. The predicted octanol–water partition coefficient (Wildman–Crippen LogP) is 3.16. The molecule has 2 N–H and O–H groups in total. The molecule has 6 heteroatoms. The minimum Gasteiger partial charge on any atom is -0.369 e. The summed E-state index contributed by atoms with van der Waals surface area (Å²) in [4.78, 5) is 7.01. The molecule has 2 aliphatic rings. The highest BCUT2D eigenvalue weighted by molar-refractivity contribution is 14.1. The Balaban J connectivity index is 1.82. The van der Waals surface area contributed by atoms with Crippen LogP contribution in [-0.2, 0) is 0 Å². The van der Waals surface area contributed by atoms with Gasteiger partial charge in [0, 0.05) is 18.7 Å². The molecule has 2 unspecified atom stereocenters. The van der Waals surface area contributed by atoms with Crippen molar-refractivity contribution in [1.82, 2.24) is 14.5 Å². The lowest BCUT2D eigenvalue weighted by Crippen LogP contribution is -2.37. The number of nitrogens with zero attached hydrogens (tertiary/aromatic N) is 3. The molecular weight excluding hydrogens is 382 g/mol. The van der Waals surface area contributed by atoms with E-state index in [4.69, 9.17) is 5.73 Å². The average molecular weight is 400 g/mol. The van der Waals surface area contributed by atoms with Gasteiger partial charge in [-0.15, -0.1) is 0 Å². The van der Waals surface area contributed by atoms with E-state index in [2.05, 4.69) is 14.5 Å². The molecule has 4 nitrogen and oxygen atoms in total. The molecule has 2 aromatic rings. The van der Waals surface area contributed by atoms with Crippen molar-refractivity contribution in [3.63, 3.8) is 0 Å². The molecule has 1 aromatic heterocycles. The Morgan fingerprint density at radius 2 is 2.05 bits per heavy atom. The third-order valence-electron chi connectivity index (χ3n) is 4.91. The number of benzene rings is 1. The smallest absolute Gasteiger partial charge is 0.201 e. The van der Waals surface area contributed by atoms with Crippen LogP contribution in [0.1, 0.15) is 31.7 Å². The van der Waals surface area contributed by atoms with Crippen molar-refractivity contribution in [3.05, 3.63) is 21.5 Å². The zero-order valence-electron chi connectivity index (χ0n) is 11.7. The Kier molecular flexibility index (Phi) is 3.33. The van der Waals surface area contributed by atoms with Gasteiger partial charge in [0.25, 0.3) is 0 Å². The van der Waals surface area contributed by atoms with Crippen molar-refractivity contribution in [2.24, 2.45) is 0 Å². The number of anilines is 1. The zero-order valence-corrected chi connectivity index (χ0v) is 13.9. The van der Waals surface area contributed by atoms with E-state index in [1.165, 1.54) is 25.8 Å². The highest BCUT2D eigenvalue weighted by Crippen LogP contribution is 2.38. The summed E-state index contributed by atoms with van der Waals surface area (Å²) in [5.74, 6) is 0.326. The molecule has 0 saturated carbocycles. The highest BCUT2D eigenvalue weighted by atomic mass is 127. The van der Waals surface area contributed by atoms with Crippen LogP contribution in [0.5, 0.6) is 0 Å². The van der Waals surface area contributed by atoms with Gasteiger partial charge in [-0.25, -0.2) is 9.37 Å². The van der Waals surface area contributed by atoms with Crippen molar-refractivity contribution >= 4 is 39.6 Å². The van der Waals surface area contributed by atoms with Gasteiger partial charge in [-0.2, -0.15) is 0 Å². The van der Waals surface area contributed by atoms with Crippen LogP contribution in [0, 0.1) is 9.39 Å². The molecule has 21 heavy (non-hydrogen) atoms. The summed E-state index contributed by atoms with van der Waals surface area (Å²) in [7, 11) is 0. The second-order valence-corrected chi connectivity index (χ2v) is 7.21. The molecule has 2 aliphatic heterocycles. The first-order chi connectivity index (χ1) is 10.1. The lowest BCUT2D eigenvalue weighted by atomic mass is 9.99. The summed E-state index contributed by atoms with van der Waals surface area (Å²) < 4.78 is 16.6. The number of halogens is 2. The van der Waals surface area contributed by atoms with Crippen molar-refractivity contribution < 1.29 is 4.39 Å². The van der Waals surface area contributed by atoms with E-state index < -0.39 is 0 Å². The van der Waals surface area contributed by atoms with Crippen molar-refractivity contribution in [2.75, 3.05) is 18.8 Å². The fourth-order valence-corrected chi connectivity index (χ4v) is 4.43. The van der Waals surface area contributed by atoms with Crippen LogP contribution in [0.3, 0.4) is 0 Å². The number of nitrogen functional groups attached to an aromatic ring is 1. The van der Waals surface area contributed by atoms with Gasteiger partial charge in [0.15, 0.2) is 0 Å². The zero-order chi connectivity index (χ0) is 14.6. The predicted molar refractivity (Wildman–Crippen MR) is 89.7 cm³/mol. The normalized spacial score (nSPS) is 26.4. The molecule has 112 valence electrons. The summed E-state index contributed by atoms with van der Waals surface area (Å²) in [5.41, 5.74) is 7.80. The van der Waals surface area contributed by atoms with Gasteiger partial charge in [-0.05, 0) is 54.5 Å². The van der Waals surface area contributed by atoms with Gasteiger partial charge in [0.1, 0.15) is 5.82 Å². The van der Waals surface area contributed by atoms with Crippen molar-refractivity contribution in [1.29, 1.82) is 0 Å². The fraction of sp³-hybridized carbons (Fsp3) is 0.533. The largest absolute Gasteiger partial charge is 0.369 e. The van der Waals surface area contributed by atoms with Gasteiger partial charge in [0.05, 0.1) is 20.6 Å². The van der Waals surface area contributed by atoms with Crippen LogP contribution in [-0.4, -0.2) is 33.6 Å². The molecule has 2 saturated heterocycles.